The number of aromatic nitrogens is 3. The molecule has 0 atom stereocenters. The van der Waals surface area contributed by atoms with Crippen LogP contribution in [0.1, 0.15) is 33.2 Å². The second-order valence-corrected chi connectivity index (χ2v) is 5.57. The summed E-state index contributed by atoms with van der Waals surface area (Å²) < 4.78 is 1.78. The lowest BCUT2D eigenvalue weighted by atomic mass is 10.1. The van der Waals surface area contributed by atoms with Gasteiger partial charge in [-0.15, -0.1) is 5.10 Å². The summed E-state index contributed by atoms with van der Waals surface area (Å²) in [6.07, 6.45) is 0. The van der Waals surface area contributed by atoms with Crippen molar-refractivity contribution in [1.29, 1.82) is 0 Å². The molecule has 0 unspecified atom stereocenters. The van der Waals surface area contributed by atoms with Crippen LogP contribution >= 0.6 is 0 Å². The molecule has 128 valence electrons. The van der Waals surface area contributed by atoms with Gasteiger partial charge in [-0.05, 0) is 42.8 Å². The van der Waals surface area contributed by atoms with E-state index in [2.05, 4.69) is 20.9 Å². The SMILES string of the molecule is CCn1nnc2cc(C(=O)NCc3ccc(C(=O)NC)cc3)ccc21. The number of hydrogen-bond acceptors (Lipinski definition) is 4. The molecule has 0 aliphatic rings. The molecule has 3 rings (SSSR count). The summed E-state index contributed by atoms with van der Waals surface area (Å²) in [6, 6.07) is 12.5. The topological polar surface area (TPSA) is 88.9 Å². The molecule has 0 aliphatic carbocycles. The normalized spacial score (nSPS) is 10.6. The predicted octanol–water partition coefficient (Wildman–Crippen LogP) is 1.74. The van der Waals surface area contributed by atoms with Gasteiger partial charge in [0.05, 0.1) is 5.52 Å². The van der Waals surface area contributed by atoms with E-state index in [9.17, 15) is 9.59 Å². The van der Waals surface area contributed by atoms with Gasteiger partial charge in [-0.25, -0.2) is 4.68 Å². The van der Waals surface area contributed by atoms with Gasteiger partial charge in [-0.2, -0.15) is 0 Å². The number of nitrogens with zero attached hydrogens (tertiary/aromatic N) is 3. The number of carbonyl (C=O) groups is 2. The van der Waals surface area contributed by atoms with E-state index in [4.69, 9.17) is 0 Å². The van der Waals surface area contributed by atoms with Crippen molar-refractivity contribution in [1.82, 2.24) is 25.6 Å². The molecular weight excluding hydrogens is 318 g/mol. The van der Waals surface area contributed by atoms with Crippen LogP contribution in [0.2, 0.25) is 0 Å². The molecule has 7 heteroatoms. The highest BCUT2D eigenvalue weighted by Gasteiger charge is 2.10. The third-order valence-electron chi connectivity index (χ3n) is 3.97. The van der Waals surface area contributed by atoms with Crippen molar-refractivity contribution >= 4 is 22.8 Å². The van der Waals surface area contributed by atoms with Crippen molar-refractivity contribution in [3.8, 4) is 0 Å². The van der Waals surface area contributed by atoms with Crippen molar-refractivity contribution in [3.63, 3.8) is 0 Å². The number of hydrogen-bond donors (Lipinski definition) is 2. The molecule has 0 saturated heterocycles. The first kappa shape index (κ1) is 16.6. The van der Waals surface area contributed by atoms with E-state index in [0.29, 0.717) is 23.2 Å². The number of fused-ring (bicyclic) bond motifs is 1. The number of nitrogens with one attached hydrogen (secondary N) is 2. The summed E-state index contributed by atoms with van der Waals surface area (Å²) in [6.45, 7) is 3.10. The maximum absolute atomic E-state index is 12.3. The van der Waals surface area contributed by atoms with Gasteiger partial charge in [-0.3, -0.25) is 9.59 Å². The van der Waals surface area contributed by atoms with Crippen LogP contribution in [0.4, 0.5) is 0 Å². The molecule has 0 radical (unpaired) electrons. The van der Waals surface area contributed by atoms with Crippen molar-refractivity contribution < 1.29 is 9.59 Å². The lowest BCUT2D eigenvalue weighted by Gasteiger charge is -2.07. The summed E-state index contributed by atoms with van der Waals surface area (Å²) in [5, 5.41) is 13.6. The minimum absolute atomic E-state index is 0.135. The van der Waals surface area contributed by atoms with E-state index in [1.807, 2.05) is 25.1 Å². The van der Waals surface area contributed by atoms with Crippen molar-refractivity contribution in [3.05, 3.63) is 59.2 Å². The van der Waals surface area contributed by atoms with E-state index in [-0.39, 0.29) is 11.8 Å². The van der Waals surface area contributed by atoms with Gasteiger partial charge in [-0.1, -0.05) is 17.3 Å². The van der Waals surface area contributed by atoms with Crippen molar-refractivity contribution in [2.45, 2.75) is 20.0 Å². The van der Waals surface area contributed by atoms with E-state index in [1.54, 1.807) is 36.0 Å². The second kappa shape index (κ2) is 7.12. The Labute approximate surface area is 145 Å². The minimum atomic E-state index is -0.177. The second-order valence-electron chi connectivity index (χ2n) is 5.57. The maximum atomic E-state index is 12.3. The summed E-state index contributed by atoms with van der Waals surface area (Å²) in [5.41, 5.74) is 3.65. The Morgan fingerprint density at radius 1 is 1.04 bits per heavy atom. The van der Waals surface area contributed by atoms with Crippen LogP contribution in [-0.4, -0.2) is 33.9 Å². The van der Waals surface area contributed by atoms with Crippen molar-refractivity contribution in [2.24, 2.45) is 0 Å². The molecule has 1 heterocycles. The van der Waals surface area contributed by atoms with E-state index in [0.717, 1.165) is 17.6 Å². The van der Waals surface area contributed by atoms with Gasteiger partial charge in [0.15, 0.2) is 0 Å². The number of rotatable bonds is 5. The molecule has 0 spiro atoms. The Morgan fingerprint density at radius 2 is 1.76 bits per heavy atom. The molecular formula is C18H19N5O2. The minimum Gasteiger partial charge on any atom is -0.355 e. The summed E-state index contributed by atoms with van der Waals surface area (Å²) in [7, 11) is 1.59. The molecule has 7 nitrogen and oxygen atoms in total. The lowest BCUT2D eigenvalue weighted by Crippen LogP contribution is -2.23. The van der Waals surface area contributed by atoms with Crippen LogP contribution in [0, 0.1) is 0 Å². The van der Waals surface area contributed by atoms with Gasteiger partial charge in [0, 0.05) is 31.3 Å². The zero-order valence-corrected chi connectivity index (χ0v) is 14.1. The van der Waals surface area contributed by atoms with Crippen LogP contribution in [-0.2, 0) is 13.1 Å². The fourth-order valence-electron chi connectivity index (χ4n) is 2.55. The highest BCUT2D eigenvalue weighted by atomic mass is 16.2. The number of amides is 2. The lowest BCUT2D eigenvalue weighted by molar-refractivity contribution is 0.0946. The van der Waals surface area contributed by atoms with E-state index < -0.39 is 0 Å². The molecule has 3 aromatic rings. The molecule has 1 aromatic heterocycles. The van der Waals surface area contributed by atoms with E-state index in [1.165, 1.54) is 0 Å². The van der Waals surface area contributed by atoms with Gasteiger partial charge < -0.3 is 10.6 Å². The third kappa shape index (κ3) is 3.50. The summed E-state index contributed by atoms with van der Waals surface area (Å²) in [5.74, 6) is -0.313. The Bertz CT molecular complexity index is 915. The van der Waals surface area contributed by atoms with Crippen LogP contribution in [0.3, 0.4) is 0 Å². The molecule has 0 fully saturated rings. The number of carbonyl (C=O) groups excluding carboxylic acids is 2. The van der Waals surface area contributed by atoms with Gasteiger partial charge in [0.2, 0.25) is 0 Å². The van der Waals surface area contributed by atoms with Crippen LogP contribution in [0.5, 0.6) is 0 Å². The van der Waals surface area contributed by atoms with Gasteiger partial charge >= 0.3 is 0 Å². The molecule has 0 aliphatic heterocycles. The first-order valence-electron chi connectivity index (χ1n) is 8.05. The summed E-state index contributed by atoms with van der Waals surface area (Å²) in [4.78, 5) is 23.8. The van der Waals surface area contributed by atoms with Crippen LogP contribution < -0.4 is 10.6 Å². The Kier molecular flexibility index (Phi) is 4.74. The fourth-order valence-corrected chi connectivity index (χ4v) is 2.55. The third-order valence-corrected chi connectivity index (χ3v) is 3.97. The zero-order chi connectivity index (χ0) is 17.8. The number of aryl methyl sites for hydroxylation is 1. The first-order chi connectivity index (χ1) is 12.1. The Balaban J connectivity index is 1.67. The first-order valence-corrected chi connectivity index (χ1v) is 8.05. The highest BCUT2D eigenvalue weighted by Crippen LogP contribution is 2.13. The molecule has 25 heavy (non-hydrogen) atoms. The predicted molar refractivity (Wildman–Crippen MR) is 94.2 cm³/mol. The molecule has 0 saturated carbocycles. The standard InChI is InChI=1S/C18H19N5O2/c1-3-23-16-9-8-14(10-15(16)21-22-23)18(25)20-11-12-4-6-13(7-5-12)17(24)19-2/h4-10H,3,11H2,1-2H3,(H,19,24)(H,20,25). The monoisotopic (exact) mass is 337 g/mol. The molecule has 0 bridgehead atoms. The Morgan fingerprint density at radius 3 is 2.44 bits per heavy atom. The maximum Gasteiger partial charge on any atom is 0.251 e. The van der Waals surface area contributed by atoms with Crippen LogP contribution in [0.15, 0.2) is 42.5 Å². The van der Waals surface area contributed by atoms with E-state index >= 15 is 0 Å². The fraction of sp³-hybridized carbons (Fsp3) is 0.222. The smallest absolute Gasteiger partial charge is 0.251 e. The van der Waals surface area contributed by atoms with Gasteiger partial charge in [0.25, 0.3) is 11.8 Å². The molecule has 2 N–H and O–H groups in total. The number of benzene rings is 2. The van der Waals surface area contributed by atoms with Crippen molar-refractivity contribution in [2.75, 3.05) is 7.05 Å². The van der Waals surface area contributed by atoms with Crippen LogP contribution in [0.25, 0.3) is 11.0 Å². The quantitative estimate of drug-likeness (QED) is 0.742. The average Bonchev–Trinajstić information content (AvgIpc) is 3.08. The average molecular weight is 337 g/mol. The largest absolute Gasteiger partial charge is 0.355 e. The summed E-state index contributed by atoms with van der Waals surface area (Å²) >= 11 is 0. The molecule has 2 amide bonds. The van der Waals surface area contributed by atoms with Gasteiger partial charge in [0.1, 0.15) is 5.52 Å². The highest BCUT2D eigenvalue weighted by molar-refractivity contribution is 5.97. The Hall–Kier alpha value is -3.22. The molecule has 2 aromatic carbocycles. The zero-order valence-electron chi connectivity index (χ0n) is 14.1.